The number of ether oxygens (including phenoxy) is 1. The van der Waals surface area contributed by atoms with E-state index in [1.807, 2.05) is 13.8 Å². The van der Waals surface area contributed by atoms with Gasteiger partial charge in [-0.05, 0) is 63.1 Å². The number of carbonyl (C=O) groups is 1. The SMILES string of the molecule is CC(C)Oc1ccc2c(C(=O)Nc3ccc(S(=O)(=O)N4CCCC4)cc3)cc(=O)oc2c1. The maximum absolute atomic E-state index is 12.9. The molecule has 0 saturated carbocycles. The Kier molecular flexibility index (Phi) is 6.03. The van der Waals surface area contributed by atoms with Crippen LogP contribution in [-0.2, 0) is 10.0 Å². The minimum absolute atomic E-state index is 0.0529. The third-order valence-electron chi connectivity index (χ3n) is 5.15. The molecule has 0 atom stereocenters. The molecule has 2 heterocycles. The van der Waals surface area contributed by atoms with Gasteiger partial charge in [-0.3, -0.25) is 4.79 Å². The number of benzene rings is 2. The van der Waals surface area contributed by atoms with Gasteiger partial charge in [0.05, 0.1) is 16.6 Å². The number of carbonyl (C=O) groups excluding carboxylic acids is 1. The summed E-state index contributed by atoms with van der Waals surface area (Å²) >= 11 is 0. The minimum atomic E-state index is -3.53. The van der Waals surface area contributed by atoms with Crippen LogP contribution in [0.1, 0.15) is 37.0 Å². The standard InChI is InChI=1S/C23H24N2O6S/c1-15(2)30-17-7-10-19-20(14-22(26)31-21(19)13-17)23(27)24-16-5-8-18(9-6-16)32(28,29)25-11-3-4-12-25/h5-10,13-15H,3-4,11-12H2,1-2H3,(H,24,27). The molecule has 1 N–H and O–H groups in total. The van der Waals surface area contributed by atoms with Gasteiger partial charge in [0.15, 0.2) is 0 Å². The molecule has 9 heteroatoms. The largest absolute Gasteiger partial charge is 0.491 e. The molecular weight excluding hydrogens is 432 g/mol. The summed E-state index contributed by atoms with van der Waals surface area (Å²) in [5.41, 5.74) is 0.155. The van der Waals surface area contributed by atoms with Crippen LogP contribution in [0.15, 0.2) is 62.6 Å². The van der Waals surface area contributed by atoms with Gasteiger partial charge in [0, 0.05) is 36.3 Å². The second-order valence-electron chi connectivity index (χ2n) is 7.89. The molecule has 1 amide bonds. The van der Waals surface area contributed by atoms with Crippen molar-refractivity contribution >= 4 is 32.6 Å². The van der Waals surface area contributed by atoms with E-state index in [9.17, 15) is 18.0 Å². The number of nitrogens with one attached hydrogen (secondary N) is 1. The van der Waals surface area contributed by atoms with Crippen molar-refractivity contribution in [2.75, 3.05) is 18.4 Å². The monoisotopic (exact) mass is 456 g/mol. The van der Waals surface area contributed by atoms with Crippen molar-refractivity contribution in [2.45, 2.75) is 37.7 Å². The Morgan fingerprint density at radius 2 is 1.75 bits per heavy atom. The van der Waals surface area contributed by atoms with Crippen LogP contribution in [0.25, 0.3) is 11.0 Å². The maximum Gasteiger partial charge on any atom is 0.337 e. The number of anilines is 1. The highest BCUT2D eigenvalue weighted by molar-refractivity contribution is 7.89. The van der Waals surface area contributed by atoms with Crippen LogP contribution in [-0.4, -0.2) is 37.8 Å². The molecule has 168 valence electrons. The number of hydrogen-bond donors (Lipinski definition) is 1. The fourth-order valence-electron chi connectivity index (χ4n) is 3.66. The van der Waals surface area contributed by atoms with E-state index < -0.39 is 21.6 Å². The number of rotatable bonds is 6. The average molecular weight is 457 g/mol. The first-order chi connectivity index (χ1) is 15.2. The molecule has 0 unspecified atom stereocenters. The Bertz CT molecular complexity index is 1310. The number of sulfonamides is 1. The molecule has 4 rings (SSSR count). The summed E-state index contributed by atoms with van der Waals surface area (Å²) in [6.45, 7) is 4.81. The van der Waals surface area contributed by atoms with Gasteiger partial charge in [-0.25, -0.2) is 13.2 Å². The Labute approximate surface area is 185 Å². The number of hydrogen-bond acceptors (Lipinski definition) is 6. The highest BCUT2D eigenvalue weighted by Crippen LogP contribution is 2.25. The molecule has 1 aliphatic rings. The van der Waals surface area contributed by atoms with Gasteiger partial charge in [0.2, 0.25) is 10.0 Å². The van der Waals surface area contributed by atoms with Crippen molar-refractivity contribution in [3.8, 4) is 5.75 Å². The summed E-state index contributed by atoms with van der Waals surface area (Å²) in [6.07, 6.45) is 1.66. The molecule has 0 aliphatic carbocycles. The van der Waals surface area contributed by atoms with E-state index in [0.717, 1.165) is 18.9 Å². The summed E-state index contributed by atoms with van der Waals surface area (Å²) in [5.74, 6) is 0.0265. The first kappa shape index (κ1) is 22.0. The van der Waals surface area contributed by atoms with Gasteiger partial charge in [-0.1, -0.05) is 0 Å². The third kappa shape index (κ3) is 4.53. The van der Waals surface area contributed by atoms with E-state index >= 15 is 0 Å². The summed E-state index contributed by atoms with van der Waals surface area (Å²) in [4.78, 5) is 25.1. The van der Waals surface area contributed by atoms with Gasteiger partial charge in [-0.2, -0.15) is 4.31 Å². The normalized spacial score (nSPS) is 14.7. The molecule has 1 saturated heterocycles. The van der Waals surface area contributed by atoms with Gasteiger partial charge in [-0.15, -0.1) is 0 Å². The predicted octanol–water partition coefficient (Wildman–Crippen LogP) is 3.62. The van der Waals surface area contributed by atoms with Crippen molar-refractivity contribution in [2.24, 2.45) is 0 Å². The highest BCUT2D eigenvalue weighted by atomic mass is 32.2. The summed E-state index contributed by atoms with van der Waals surface area (Å²) in [7, 11) is -3.53. The van der Waals surface area contributed by atoms with E-state index in [1.165, 1.54) is 28.6 Å². The number of amides is 1. The van der Waals surface area contributed by atoms with E-state index in [2.05, 4.69) is 5.32 Å². The van der Waals surface area contributed by atoms with E-state index in [-0.39, 0.29) is 22.1 Å². The second-order valence-corrected chi connectivity index (χ2v) is 9.83. The lowest BCUT2D eigenvalue weighted by molar-refractivity contribution is 0.102. The molecule has 1 aliphatic heterocycles. The van der Waals surface area contributed by atoms with Crippen LogP contribution < -0.4 is 15.7 Å². The van der Waals surface area contributed by atoms with Crippen molar-refractivity contribution in [1.82, 2.24) is 4.31 Å². The molecule has 0 spiro atoms. The second kappa shape index (κ2) is 8.76. The molecule has 32 heavy (non-hydrogen) atoms. The summed E-state index contributed by atoms with van der Waals surface area (Å²) < 4.78 is 37.6. The molecule has 2 aromatic carbocycles. The van der Waals surface area contributed by atoms with Gasteiger partial charge >= 0.3 is 5.63 Å². The Morgan fingerprint density at radius 3 is 2.41 bits per heavy atom. The van der Waals surface area contributed by atoms with Gasteiger partial charge in [0.1, 0.15) is 11.3 Å². The average Bonchev–Trinajstić information content (AvgIpc) is 3.28. The lowest BCUT2D eigenvalue weighted by Crippen LogP contribution is -2.27. The Morgan fingerprint density at radius 1 is 1.06 bits per heavy atom. The molecule has 1 aromatic heterocycles. The van der Waals surface area contributed by atoms with Gasteiger partial charge < -0.3 is 14.5 Å². The Balaban J connectivity index is 1.58. The molecule has 0 bridgehead atoms. The zero-order chi connectivity index (χ0) is 22.9. The smallest absolute Gasteiger partial charge is 0.337 e. The fourth-order valence-corrected chi connectivity index (χ4v) is 5.18. The molecule has 3 aromatic rings. The predicted molar refractivity (Wildman–Crippen MR) is 121 cm³/mol. The topological polar surface area (TPSA) is 106 Å². The van der Waals surface area contributed by atoms with E-state index in [1.54, 1.807) is 18.2 Å². The zero-order valence-electron chi connectivity index (χ0n) is 17.8. The van der Waals surface area contributed by atoms with Crippen LogP contribution in [0, 0.1) is 0 Å². The van der Waals surface area contributed by atoms with E-state index in [0.29, 0.717) is 29.9 Å². The molecule has 8 nitrogen and oxygen atoms in total. The first-order valence-electron chi connectivity index (χ1n) is 10.4. The third-order valence-corrected chi connectivity index (χ3v) is 7.06. The lowest BCUT2D eigenvalue weighted by Gasteiger charge is -2.15. The highest BCUT2D eigenvalue weighted by Gasteiger charge is 2.27. The first-order valence-corrected chi connectivity index (χ1v) is 11.8. The zero-order valence-corrected chi connectivity index (χ0v) is 18.6. The van der Waals surface area contributed by atoms with Crippen LogP contribution in [0.4, 0.5) is 5.69 Å². The summed E-state index contributed by atoms with van der Waals surface area (Å²) in [6, 6.07) is 12.1. The quantitative estimate of drug-likeness (QED) is 0.568. The Hall–Kier alpha value is -3.17. The van der Waals surface area contributed by atoms with Gasteiger partial charge in [0.25, 0.3) is 5.91 Å². The number of fused-ring (bicyclic) bond motifs is 1. The fraction of sp³-hybridized carbons (Fsp3) is 0.304. The maximum atomic E-state index is 12.9. The van der Waals surface area contributed by atoms with Crippen molar-refractivity contribution in [3.63, 3.8) is 0 Å². The van der Waals surface area contributed by atoms with Crippen LogP contribution in [0.3, 0.4) is 0 Å². The van der Waals surface area contributed by atoms with Crippen molar-refractivity contribution < 1.29 is 22.4 Å². The minimum Gasteiger partial charge on any atom is -0.491 e. The number of nitrogens with zero attached hydrogens (tertiary/aromatic N) is 1. The van der Waals surface area contributed by atoms with Crippen molar-refractivity contribution in [3.05, 3.63) is 64.5 Å². The lowest BCUT2D eigenvalue weighted by atomic mass is 10.1. The summed E-state index contributed by atoms with van der Waals surface area (Å²) in [5, 5.41) is 3.18. The molecular formula is C23H24N2O6S. The van der Waals surface area contributed by atoms with Crippen LogP contribution in [0.5, 0.6) is 5.75 Å². The molecule has 0 radical (unpaired) electrons. The molecule has 1 fully saturated rings. The van der Waals surface area contributed by atoms with Crippen LogP contribution >= 0.6 is 0 Å². The van der Waals surface area contributed by atoms with Crippen LogP contribution in [0.2, 0.25) is 0 Å². The van der Waals surface area contributed by atoms with E-state index in [4.69, 9.17) is 9.15 Å². The van der Waals surface area contributed by atoms with Crippen molar-refractivity contribution in [1.29, 1.82) is 0 Å².